The van der Waals surface area contributed by atoms with E-state index in [0.717, 1.165) is 64.2 Å². The number of nitrogens with one attached hydrogen (secondary N) is 1. The first-order chi connectivity index (χ1) is 10.8. The highest BCUT2D eigenvalue weighted by Gasteiger charge is 2.20. The number of likely N-dealkylation sites (tertiary alicyclic amines) is 1. The van der Waals surface area contributed by atoms with Gasteiger partial charge in [-0.05, 0) is 25.7 Å². The molecule has 0 radical (unpaired) electrons. The zero-order chi connectivity index (χ0) is 15.6. The van der Waals surface area contributed by atoms with Gasteiger partial charge in [0, 0.05) is 32.7 Å². The number of hydrogen-bond acceptors (Lipinski definition) is 4. The lowest BCUT2D eigenvalue weighted by atomic mass is 10.1. The van der Waals surface area contributed by atoms with Gasteiger partial charge in [0.2, 0.25) is 0 Å². The van der Waals surface area contributed by atoms with Crippen molar-refractivity contribution in [1.82, 2.24) is 25.0 Å². The maximum Gasteiger partial charge on any atom is 0.194 e. The van der Waals surface area contributed by atoms with Crippen molar-refractivity contribution in [2.75, 3.05) is 26.2 Å². The largest absolute Gasteiger partial charge is 0.391 e. The summed E-state index contributed by atoms with van der Waals surface area (Å²) in [6.07, 6.45) is 8.19. The topological polar surface area (TPSA) is 78.6 Å². The zero-order valence-electron chi connectivity index (χ0n) is 13.9. The Bertz CT molecular complexity index is 439. The average Bonchev–Trinajstić information content (AvgIpc) is 3.03. The SMILES string of the molecule is CCCCNC(=NCCCn1cncn1)N1CCCC(O)C1.I. The predicted octanol–water partition coefficient (Wildman–Crippen LogP) is 1.49. The molecule has 132 valence electrons. The first-order valence-corrected chi connectivity index (χ1v) is 8.33. The highest BCUT2D eigenvalue weighted by atomic mass is 127. The van der Waals surface area contributed by atoms with E-state index in [1.54, 1.807) is 12.7 Å². The Balaban J connectivity index is 0.00000264. The van der Waals surface area contributed by atoms with Crippen molar-refractivity contribution in [3.8, 4) is 0 Å². The minimum absolute atomic E-state index is 0. The van der Waals surface area contributed by atoms with E-state index in [2.05, 4.69) is 27.2 Å². The molecule has 23 heavy (non-hydrogen) atoms. The molecule has 1 fully saturated rings. The number of aromatic nitrogens is 3. The van der Waals surface area contributed by atoms with Crippen molar-refractivity contribution < 1.29 is 5.11 Å². The Morgan fingerprint density at radius 1 is 1.43 bits per heavy atom. The predicted molar refractivity (Wildman–Crippen MR) is 102 cm³/mol. The highest BCUT2D eigenvalue weighted by molar-refractivity contribution is 14.0. The highest BCUT2D eigenvalue weighted by Crippen LogP contribution is 2.10. The number of hydrogen-bond donors (Lipinski definition) is 2. The molecule has 0 aromatic carbocycles. The molecule has 1 unspecified atom stereocenters. The quantitative estimate of drug-likeness (QED) is 0.293. The van der Waals surface area contributed by atoms with Crippen molar-refractivity contribution >= 4 is 29.9 Å². The van der Waals surface area contributed by atoms with Gasteiger partial charge in [-0.2, -0.15) is 5.10 Å². The molecule has 0 saturated carbocycles. The lowest BCUT2D eigenvalue weighted by Crippen LogP contribution is -2.48. The van der Waals surface area contributed by atoms with Gasteiger partial charge in [-0.25, -0.2) is 4.98 Å². The fraction of sp³-hybridized carbons (Fsp3) is 0.800. The molecule has 1 atom stereocenters. The van der Waals surface area contributed by atoms with Gasteiger partial charge in [-0.1, -0.05) is 13.3 Å². The average molecular weight is 436 g/mol. The Labute approximate surface area is 155 Å². The Morgan fingerprint density at radius 3 is 3.00 bits per heavy atom. The molecule has 2 rings (SSSR count). The van der Waals surface area contributed by atoms with Gasteiger partial charge in [0.25, 0.3) is 0 Å². The number of guanidine groups is 1. The number of nitrogens with zero attached hydrogens (tertiary/aromatic N) is 5. The number of rotatable bonds is 7. The summed E-state index contributed by atoms with van der Waals surface area (Å²) in [5.74, 6) is 0.936. The summed E-state index contributed by atoms with van der Waals surface area (Å²) >= 11 is 0. The Hall–Kier alpha value is -0.900. The fourth-order valence-electron chi connectivity index (χ4n) is 2.56. The molecule has 2 heterocycles. The maximum absolute atomic E-state index is 9.85. The molecule has 1 aliphatic heterocycles. The number of aryl methyl sites for hydroxylation is 1. The minimum atomic E-state index is -0.234. The van der Waals surface area contributed by atoms with Crippen LogP contribution < -0.4 is 5.32 Å². The first-order valence-electron chi connectivity index (χ1n) is 8.33. The molecule has 0 aliphatic carbocycles. The number of unbranched alkanes of at least 4 members (excludes halogenated alkanes) is 1. The van der Waals surface area contributed by atoms with Crippen LogP contribution in [-0.2, 0) is 6.54 Å². The molecule has 8 heteroatoms. The van der Waals surface area contributed by atoms with Crippen molar-refractivity contribution in [1.29, 1.82) is 0 Å². The third-order valence-electron chi connectivity index (χ3n) is 3.78. The van der Waals surface area contributed by atoms with Crippen molar-refractivity contribution in [2.45, 2.75) is 51.7 Å². The van der Waals surface area contributed by atoms with Crippen LogP contribution in [0, 0.1) is 0 Å². The second kappa shape index (κ2) is 11.6. The third-order valence-corrected chi connectivity index (χ3v) is 3.78. The van der Waals surface area contributed by atoms with E-state index >= 15 is 0 Å². The number of aliphatic hydroxyl groups is 1. The smallest absolute Gasteiger partial charge is 0.194 e. The monoisotopic (exact) mass is 436 g/mol. The van der Waals surface area contributed by atoms with Crippen LogP contribution in [0.5, 0.6) is 0 Å². The minimum Gasteiger partial charge on any atom is -0.391 e. The van der Waals surface area contributed by atoms with Gasteiger partial charge in [-0.3, -0.25) is 9.67 Å². The van der Waals surface area contributed by atoms with Crippen LogP contribution in [0.1, 0.15) is 39.0 Å². The van der Waals surface area contributed by atoms with Crippen molar-refractivity contribution in [3.05, 3.63) is 12.7 Å². The van der Waals surface area contributed by atoms with E-state index in [9.17, 15) is 5.11 Å². The second-order valence-corrected chi connectivity index (χ2v) is 5.74. The molecule has 1 aliphatic rings. The summed E-state index contributed by atoms with van der Waals surface area (Å²) in [5, 5.41) is 17.4. The molecule has 1 aromatic rings. The maximum atomic E-state index is 9.85. The summed E-state index contributed by atoms with van der Waals surface area (Å²) in [4.78, 5) is 10.8. The van der Waals surface area contributed by atoms with Gasteiger partial charge >= 0.3 is 0 Å². The molecule has 0 spiro atoms. The number of piperidine rings is 1. The molecule has 1 aromatic heterocycles. The summed E-state index contributed by atoms with van der Waals surface area (Å²) < 4.78 is 1.82. The van der Waals surface area contributed by atoms with E-state index in [0.29, 0.717) is 6.54 Å². The van der Waals surface area contributed by atoms with Crippen LogP contribution in [0.3, 0.4) is 0 Å². The van der Waals surface area contributed by atoms with Gasteiger partial charge in [0.1, 0.15) is 12.7 Å². The van der Waals surface area contributed by atoms with E-state index in [1.807, 2.05) is 4.68 Å². The molecular weight excluding hydrogens is 407 g/mol. The zero-order valence-corrected chi connectivity index (χ0v) is 16.2. The Kier molecular flexibility index (Phi) is 10.2. The molecule has 0 bridgehead atoms. The number of β-amino-alcohol motifs (C(OH)–C–C–N with tert-alkyl or cyclic N) is 1. The summed E-state index contributed by atoms with van der Waals surface area (Å²) in [7, 11) is 0. The summed E-state index contributed by atoms with van der Waals surface area (Å²) in [5.41, 5.74) is 0. The van der Waals surface area contributed by atoms with E-state index in [-0.39, 0.29) is 30.1 Å². The molecule has 7 nitrogen and oxygen atoms in total. The standard InChI is InChI=1S/C15H28N6O.HI/c1-2-3-7-17-15(20-9-4-6-14(22)11-20)18-8-5-10-21-13-16-12-19-21;/h12-14,22H,2-11H2,1H3,(H,17,18);1H. The normalized spacial score (nSPS) is 18.6. The van der Waals surface area contributed by atoms with Crippen LogP contribution in [0.4, 0.5) is 0 Å². The molecule has 1 saturated heterocycles. The van der Waals surface area contributed by atoms with Crippen LogP contribution >= 0.6 is 24.0 Å². The van der Waals surface area contributed by atoms with Crippen LogP contribution in [0.2, 0.25) is 0 Å². The third kappa shape index (κ3) is 7.47. The second-order valence-electron chi connectivity index (χ2n) is 5.74. The lowest BCUT2D eigenvalue weighted by molar-refractivity contribution is 0.101. The summed E-state index contributed by atoms with van der Waals surface area (Å²) in [6.45, 7) is 6.35. The number of aliphatic hydroxyl groups excluding tert-OH is 1. The summed E-state index contributed by atoms with van der Waals surface area (Å²) in [6, 6.07) is 0. The molecular formula is C15H29IN6O. The van der Waals surface area contributed by atoms with E-state index in [1.165, 1.54) is 0 Å². The van der Waals surface area contributed by atoms with Crippen LogP contribution in [-0.4, -0.2) is 63.0 Å². The number of halogens is 1. The first kappa shape index (κ1) is 20.1. The van der Waals surface area contributed by atoms with E-state index in [4.69, 9.17) is 4.99 Å². The van der Waals surface area contributed by atoms with E-state index < -0.39 is 0 Å². The fourth-order valence-corrected chi connectivity index (χ4v) is 2.56. The molecule has 0 amide bonds. The Morgan fingerprint density at radius 2 is 2.30 bits per heavy atom. The van der Waals surface area contributed by atoms with Crippen LogP contribution in [0.25, 0.3) is 0 Å². The van der Waals surface area contributed by atoms with Crippen molar-refractivity contribution in [2.24, 2.45) is 4.99 Å². The van der Waals surface area contributed by atoms with Crippen LogP contribution in [0.15, 0.2) is 17.6 Å². The van der Waals surface area contributed by atoms with Gasteiger partial charge < -0.3 is 15.3 Å². The molecule has 2 N–H and O–H groups in total. The lowest BCUT2D eigenvalue weighted by Gasteiger charge is -2.33. The van der Waals surface area contributed by atoms with Gasteiger partial charge in [0.15, 0.2) is 5.96 Å². The van der Waals surface area contributed by atoms with Gasteiger partial charge in [-0.15, -0.1) is 24.0 Å². The number of aliphatic imine (C=N–C) groups is 1. The van der Waals surface area contributed by atoms with Gasteiger partial charge in [0.05, 0.1) is 6.10 Å². The van der Waals surface area contributed by atoms with Crippen molar-refractivity contribution in [3.63, 3.8) is 0 Å².